The molecule has 2 aromatic carbocycles. The number of aliphatic imine (C=N–C) groups is 1. The second-order valence-electron chi connectivity index (χ2n) is 6.03. The number of thioether (sulfide) groups is 1. The molecule has 0 aromatic heterocycles. The van der Waals surface area contributed by atoms with Crippen molar-refractivity contribution in [1.29, 1.82) is 0 Å². The number of nitrogens with one attached hydrogen (secondary N) is 2. The van der Waals surface area contributed by atoms with Crippen molar-refractivity contribution in [3.8, 4) is 0 Å². The van der Waals surface area contributed by atoms with Crippen LogP contribution in [-0.2, 0) is 4.79 Å². The summed E-state index contributed by atoms with van der Waals surface area (Å²) < 4.78 is 13.3. The average molecular weight is 369 g/mol. The van der Waals surface area contributed by atoms with Gasteiger partial charge in [-0.1, -0.05) is 42.1 Å². The van der Waals surface area contributed by atoms with Crippen LogP contribution in [0.15, 0.2) is 64.8 Å². The third-order valence-corrected chi connectivity index (χ3v) is 4.83. The van der Waals surface area contributed by atoms with Gasteiger partial charge in [0.15, 0.2) is 5.17 Å². The van der Waals surface area contributed by atoms with E-state index < -0.39 is 6.04 Å². The Morgan fingerprint density at radius 3 is 2.50 bits per heavy atom. The first-order chi connectivity index (χ1) is 12.5. The Hall–Kier alpha value is -2.60. The third kappa shape index (κ3) is 3.80. The molecular formula is C20H20FN3OS. The number of amides is 1. The molecule has 0 bridgehead atoms. The smallest absolute Gasteiger partial charge is 0.255 e. The van der Waals surface area contributed by atoms with E-state index >= 15 is 0 Å². The number of hydrogen-bond donors (Lipinski definition) is 2. The minimum atomic E-state index is -0.483. The molecule has 0 spiro atoms. The van der Waals surface area contributed by atoms with Crippen LogP contribution < -0.4 is 10.6 Å². The highest BCUT2D eigenvalue weighted by atomic mass is 32.2. The van der Waals surface area contributed by atoms with Gasteiger partial charge in [-0.15, -0.1) is 0 Å². The highest BCUT2D eigenvalue weighted by molar-refractivity contribution is 8.13. The first kappa shape index (κ1) is 18.2. The van der Waals surface area contributed by atoms with E-state index in [4.69, 9.17) is 0 Å². The van der Waals surface area contributed by atoms with Gasteiger partial charge in [-0.3, -0.25) is 4.79 Å². The number of carbonyl (C=O) groups is 1. The number of nitrogens with zero attached hydrogens (tertiary/aromatic N) is 1. The maximum atomic E-state index is 13.3. The number of rotatable bonds is 3. The van der Waals surface area contributed by atoms with Gasteiger partial charge >= 0.3 is 0 Å². The minimum Gasteiger partial charge on any atom is -0.338 e. The van der Waals surface area contributed by atoms with Crippen molar-refractivity contribution in [2.24, 2.45) is 4.99 Å². The molecule has 4 nitrogen and oxygen atoms in total. The van der Waals surface area contributed by atoms with E-state index in [0.29, 0.717) is 5.57 Å². The predicted octanol–water partition coefficient (Wildman–Crippen LogP) is 4.41. The molecule has 1 aliphatic heterocycles. The van der Waals surface area contributed by atoms with E-state index in [1.54, 1.807) is 12.1 Å². The van der Waals surface area contributed by atoms with Crippen LogP contribution in [0.4, 0.5) is 10.1 Å². The van der Waals surface area contributed by atoms with Gasteiger partial charge in [0.25, 0.3) is 5.91 Å². The SMILES string of the molecule is CSC1=N[C@H](c2ccc(F)cc2)C(C(=O)Nc2ccccc2C)=C(C)N1. The van der Waals surface area contributed by atoms with Crippen molar-refractivity contribution in [1.82, 2.24) is 5.32 Å². The van der Waals surface area contributed by atoms with Crippen LogP contribution in [0.1, 0.15) is 24.1 Å². The summed E-state index contributed by atoms with van der Waals surface area (Å²) in [5, 5.41) is 6.86. The van der Waals surface area contributed by atoms with E-state index in [2.05, 4.69) is 15.6 Å². The van der Waals surface area contributed by atoms with Gasteiger partial charge in [0.1, 0.15) is 11.9 Å². The molecule has 0 saturated carbocycles. The second-order valence-corrected chi connectivity index (χ2v) is 6.82. The fraction of sp³-hybridized carbons (Fsp3) is 0.200. The highest BCUT2D eigenvalue weighted by Crippen LogP contribution is 2.33. The molecule has 26 heavy (non-hydrogen) atoms. The molecular weight excluding hydrogens is 349 g/mol. The van der Waals surface area contributed by atoms with Gasteiger partial charge in [0.05, 0.1) is 5.57 Å². The summed E-state index contributed by atoms with van der Waals surface area (Å²) in [5.74, 6) is -0.536. The van der Waals surface area contributed by atoms with Crippen molar-refractivity contribution in [3.63, 3.8) is 0 Å². The molecule has 0 saturated heterocycles. The lowest BCUT2D eigenvalue weighted by atomic mass is 9.95. The van der Waals surface area contributed by atoms with Crippen molar-refractivity contribution >= 4 is 28.5 Å². The Morgan fingerprint density at radius 2 is 1.85 bits per heavy atom. The van der Waals surface area contributed by atoms with Gasteiger partial charge in [0.2, 0.25) is 0 Å². The number of hydrogen-bond acceptors (Lipinski definition) is 4. The first-order valence-corrected chi connectivity index (χ1v) is 9.44. The van der Waals surface area contributed by atoms with E-state index in [9.17, 15) is 9.18 Å². The summed E-state index contributed by atoms with van der Waals surface area (Å²) in [4.78, 5) is 17.7. The Kier molecular flexibility index (Phi) is 5.42. The summed E-state index contributed by atoms with van der Waals surface area (Å²) in [6.45, 7) is 3.80. The summed E-state index contributed by atoms with van der Waals surface area (Å²) in [5.41, 5.74) is 3.78. The number of allylic oxidation sites excluding steroid dienone is 1. The lowest BCUT2D eigenvalue weighted by Crippen LogP contribution is -2.32. The second kappa shape index (κ2) is 7.74. The zero-order chi connectivity index (χ0) is 18.7. The van der Waals surface area contributed by atoms with Crippen LogP contribution in [0.3, 0.4) is 0 Å². The first-order valence-electron chi connectivity index (χ1n) is 8.21. The predicted molar refractivity (Wildman–Crippen MR) is 106 cm³/mol. The van der Waals surface area contributed by atoms with Crippen LogP contribution in [0.5, 0.6) is 0 Å². The quantitative estimate of drug-likeness (QED) is 0.843. The molecule has 2 aromatic rings. The van der Waals surface area contributed by atoms with Gasteiger partial charge in [-0.2, -0.15) is 0 Å². The lowest BCUT2D eigenvalue weighted by Gasteiger charge is -2.26. The molecule has 1 heterocycles. The number of benzene rings is 2. The molecule has 134 valence electrons. The number of para-hydroxylation sites is 1. The van der Waals surface area contributed by atoms with Crippen LogP contribution >= 0.6 is 11.8 Å². The summed E-state index contributed by atoms with van der Waals surface area (Å²) in [7, 11) is 0. The van der Waals surface area contributed by atoms with Gasteiger partial charge in [-0.05, 0) is 49.4 Å². The number of anilines is 1. The number of halogens is 1. The van der Waals surface area contributed by atoms with Gasteiger partial charge in [0, 0.05) is 11.4 Å². The van der Waals surface area contributed by atoms with E-state index in [1.165, 1.54) is 23.9 Å². The molecule has 1 atom stereocenters. The zero-order valence-corrected chi connectivity index (χ0v) is 15.7. The summed E-state index contributed by atoms with van der Waals surface area (Å²) in [6.07, 6.45) is 1.92. The van der Waals surface area contributed by atoms with Crippen molar-refractivity contribution in [2.45, 2.75) is 19.9 Å². The van der Waals surface area contributed by atoms with Gasteiger partial charge < -0.3 is 10.6 Å². The number of amidine groups is 1. The molecule has 2 N–H and O–H groups in total. The largest absolute Gasteiger partial charge is 0.338 e. The van der Waals surface area contributed by atoms with Crippen molar-refractivity contribution in [2.75, 3.05) is 11.6 Å². The zero-order valence-electron chi connectivity index (χ0n) is 14.8. The Bertz CT molecular complexity index is 890. The van der Waals surface area contributed by atoms with Crippen LogP contribution in [-0.4, -0.2) is 17.3 Å². The van der Waals surface area contributed by atoms with Crippen LogP contribution in [0.2, 0.25) is 0 Å². The van der Waals surface area contributed by atoms with Gasteiger partial charge in [-0.25, -0.2) is 9.38 Å². The van der Waals surface area contributed by atoms with Crippen LogP contribution in [0, 0.1) is 12.7 Å². The number of carbonyl (C=O) groups excluding carboxylic acids is 1. The maximum absolute atomic E-state index is 13.3. The molecule has 0 aliphatic carbocycles. The fourth-order valence-electron chi connectivity index (χ4n) is 2.83. The average Bonchev–Trinajstić information content (AvgIpc) is 2.63. The summed E-state index contributed by atoms with van der Waals surface area (Å²) >= 11 is 1.47. The normalized spacial score (nSPS) is 16.8. The van der Waals surface area contributed by atoms with E-state index in [1.807, 2.05) is 44.4 Å². The molecule has 1 aliphatic rings. The topological polar surface area (TPSA) is 53.5 Å². The van der Waals surface area contributed by atoms with Crippen molar-refractivity contribution in [3.05, 3.63) is 76.7 Å². The van der Waals surface area contributed by atoms with E-state index in [-0.39, 0.29) is 11.7 Å². The number of aryl methyl sites for hydroxylation is 1. The molecule has 3 rings (SSSR count). The fourth-order valence-corrected chi connectivity index (χ4v) is 3.30. The highest BCUT2D eigenvalue weighted by Gasteiger charge is 2.29. The van der Waals surface area contributed by atoms with Crippen molar-refractivity contribution < 1.29 is 9.18 Å². The molecule has 6 heteroatoms. The summed E-state index contributed by atoms with van der Waals surface area (Å²) in [6, 6.07) is 13.2. The molecule has 0 unspecified atom stereocenters. The molecule has 1 amide bonds. The van der Waals surface area contributed by atoms with E-state index in [0.717, 1.165) is 27.7 Å². The molecule has 0 radical (unpaired) electrons. The minimum absolute atomic E-state index is 0.220. The lowest BCUT2D eigenvalue weighted by molar-refractivity contribution is -0.113. The molecule has 0 fully saturated rings. The Morgan fingerprint density at radius 1 is 1.15 bits per heavy atom. The maximum Gasteiger partial charge on any atom is 0.255 e. The van der Waals surface area contributed by atoms with Crippen LogP contribution in [0.25, 0.3) is 0 Å². The third-order valence-electron chi connectivity index (χ3n) is 4.24. The standard InChI is InChI=1S/C20H20FN3OS/c1-12-6-4-5-7-16(12)23-19(25)17-13(2)22-20(26-3)24-18(17)14-8-10-15(21)11-9-14/h4-11,18H,1-3H3,(H,22,24)(H,23,25)/t18-/m1/s1. The Balaban J connectivity index is 1.97. The Labute approximate surface area is 156 Å². The monoisotopic (exact) mass is 369 g/mol.